The molecule has 0 N–H and O–H groups in total. The summed E-state index contributed by atoms with van der Waals surface area (Å²) in [7, 11) is 1.68. The molecule has 0 saturated carbocycles. The molecule has 0 aliphatic heterocycles. The predicted molar refractivity (Wildman–Crippen MR) is 75.2 cm³/mol. The highest BCUT2D eigenvalue weighted by molar-refractivity contribution is 5.84. The third-order valence-corrected chi connectivity index (χ3v) is 2.94. The first-order chi connectivity index (χ1) is 9.24. The highest BCUT2D eigenvalue weighted by Crippen LogP contribution is 2.20. The predicted octanol–water partition coefficient (Wildman–Crippen LogP) is 2.88. The number of benzene rings is 2. The molecule has 0 bridgehead atoms. The van der Waals surface area contributed by atoms with Gasteiger partial charge in [0.2, 0.25) is 0 Å². The maximum absolute atomic E-state index is 11.4. The van der Waals surface area contributed by atoms with Gasteiger partial charge in [-0.15, -0.1) is 0 Å². The zero-order valence-electron chi connectivity index (χ0n) is 10.4. The molecule has 0 atom stereocenters. The van der Waals surface area contributed by atoms with Gasteiger partial charge in [0.15, 0.2) is 5.58 Å². The standard InChI is InChI=1S/C15H12N2O2/c1-17-13-8-7-12(9-14(13)19-15(17)18)16-10-11-5-3-2-4-6-11/h2-10H,1H3. The zero-order valence-corrected chi connectivity index (χ0v) is 10.4. The van der Waals surface area contributed by atoms with Crippen molar-refractivity contribution in [2.45, 2.75) is 0 Å². The number of aliphatic imine (C=N–C) groups is 1. The smallest absolute Gasteiger partial charge is 0.408 e. The normalized spacial score (nSPS) is 11.4. The number of hydrogen-bond acceptors (Lipinski definition) is 3. The molecule has 3 rings (SSSR count). The molecule has 0 aliphatic rings. The molecular formula is C15H12N2O2. The third-order valence-electron chi connectivity index (χ3n) is 2.94. The molecule has 94 valence electrons. The fourth-order valence-corrected chi connectivity index (χ4v) is 1.89. The van der Waals surface area contributed by atoms with Crippen LogP contribution in [-0.2, 0) is 7.05 Å². The van der Waals surface area contributed by atoms with Gasteiger partial charge < -0.3 is 4.42 Å². The van der Waals surface area contributed by atoms with Gasteiger partial charge in [-0.2, -0.15) is 0 Å². The SMILES string of the molecule is Cn1c(=O)oc2cc(N=Cc3ccccc3)ccc21. The number of fused-ring (bicyclic) bond motifs is 1. The van der Waals surface area contributed by atoms with Crippen molar-refractivity contribution in [1.82, 2.24) is 4.57 Å². The topological polar surface area (TPSA) is 47.5 Å². The van der Waals surface area contributed by atoms with E-state index < -0.39 is 0 Å². The van der Waals surface area contributed by atoms with E-state index >= 15 is 0 Å². The van der Waals surface area contributed by atoms with Gasteiger partial charge in [-0.05, 0) is 17.7 Å². The first-order valence-corrected chi connectivity index (χ1v) is 5.93. The van der Waals surface area contributed by atoms with Gasteiger partial charge in [-0.25, -0.2) is 4.79 Å². The molecule has 4 heteroatoms. The van der Waals surface area contributed by atoms with Gasteiger partial charge in [0.1, 0.15) is 0 Å². The van der Waals surface area contributed by atoms with Crippen LogP contribution < -0.4 is 5.76 Å². The molecule has 0 unspecified atom stereocenters. The van der Waals surface area contributed by atoms with E-state index in [0.717, 1.165) is 16.8 Å². The molecule has 0 fully saturated rings. The van der Waals surface area contributed by atoms with Gasteiger partial charge in [0.05, 0.1) is 11.2 Å². The summed E-state index contributed by atoms with van der Waals surface area (Å²) >= 11 is 0. The third kappa shape index (κ3) is 2.20. The minimum atomic E-state index is -0.362. The minimum Gasteiger partial charge on any atom is -0.408 e. The molecule has 19 heavy (non-hydrogen) atoms. The van der Waals surface area contributed by atoms with Crippen molar-refractivity contribution in [3.8, 4) is 0 Å². The lowest BCUT2D eigenvalue weighted by molar-refractivity contribution is 0.528. The summed E-state index contributed by atoms with van der Waals surface area (Å²) in [6.07, 6.45) is 1.78. The number of hydrogen-bond donors (Lipinski definition) is 0. The summed E-state index contributed by atoms with van der Waals surface area (Å²) in [4.78, 5) is 15.8. The van der Waals surface area contributed by atoms with Gasteiger partial charge in [-0.3, -0.25) is 9.56 Å². The summed E-state index contributed by atoms with van der Waals surface area (Å²) in [5, 5.41) is 0. The van der Waals surface area contributed by atoms with E-state index in [1.54, 1.807) is 19.3 Å². The Labute approximate surface area is 109 Å². The van der Waals surface area contributed by atoms with Crippen LogP contribution in [0.1, 0.15) is 5.56 Å². The summed E-state index contributed by atoms with van der Waals surface area (Å²) in [6.45, 7) is 0. The monoisotopic (exact) mass is 252 g/mol. The van der Waals surface area contributed by atoms with Crippen molar-refractivity contribution < 1.29 is 4.42 Å². The average Bonchev–Trinajstić information content (AvgIpc) is 2.73. The minimum absolute atomic E-state index is 0.362. The van der Waals surface area contributed by atoms with Crippen molar-refractivity contribution in [2.75, 3.05) is 0 Å². The van der Waals surface area contributed by atoms with Gasteiger partial charge in [0.25, 0.3) is 0 Å². The Balaban J connectivity index is 1.98. The Morgan fingerprint density at radius 3 is 2.74 bits per heavy atom. The van der Waals surface area contributed by atoms with Crippen LogP contribution in [-0.4, -0.2) is 10.8 Å². The summed E-state index contributed by atoms with van der Waals surface area (Å²) in [6, 6.07) is 15.3. The molecule has 0 amide bonds. The first kappa shape index (κ1) is 11.5. The number of aryl methyl sites for hydroxylation is 1. The van der Waals surface area contributed by atoms with Gasteiger partial charge in [-0.1, -0.05) is 30.3 Å². The van der Waals surface area contributed by atoms with E-state index in [0.29, 0.717) is 5.58 Å². The van der Waals surface area contributed by atoms with Crippen LogP contribution in [0.2, 0.25) is 0 Å². The molecule has 4 nitrogen and oxygen atoms in total. The Hall–Kier alpha value is -2.62. The molecule has 2 aromatic carbocycles. The van der Waals surface area contributed by atoms with E-state index in [1.165, 1.54) is 4.57 Å². The first-order valence-electron chi connectivity index (χ1n) is 5.93. The van der Waals surface area contributed by atoms with Crippen molar-refractivity contribution in [1.29, 1.82) is 0 Å². The molecular weight excluding hydrogens is 240 g/mol. The van der Waals surface area contributed by atoms with Crippen LogP contribution in [0.15, 0.2) is 62.7 Å². The maximum atomic E-state index is 11.4. The summed E-state index contributed by atoms with van der Waals surface area (Å²) in [5.41, 5.74) is 3.10. The Morgan fingerprint density at radius 1 is 1.16 bits per heavy atom. The average molecular weight is 252 g/mol. The highest BCUT2D eigenvalue weighted by Gasteiger charge is 2.05. The van der Waals surface area contributed by atoms with E-state index in [2.05, 4.69) is 4.99 Å². The summed E-state index contributed by atoms with van der Waals surface area (Å²) in [5.74, 6) is -0.362. The lowest BCUT2D eigenvalue weighted by Crippen LogP contribution is -2.08. The fraction of sp³-hybridized carbons (Fsp3) is 0.0667. The second kappa shape index (κ2) is 4.57. The Bertz CT molecular complexity index is 798. The number of aromatic nitrogens is 1. The zero-order chi connectivity index (χ0) is 13.2. The Morgan fingerprint density at radius 2 is 1.95 bits per heavy atom. The van der Waals surface area contributed by atoms with Crippen LogP contribution in [0, 0.1) is 0 Å². The highest BCUT2D eigenvalue weighted by atomic mass is 16.4. The maximum Gasteiger partial charge on any atom is 0.419 e. The number of oxazole rings is 1. The van der Waals surface area contributed by atoms with Crippen molar-refractivity contribution >= 4 is 23.0 Å². The Kier molecular flexibility index (Phi) is 2.76. The second-order valence-electron chi connectivity index (χ2n) is 4.25. The van der Waals surface area contributed by atoms with Crippen molar-refractivity contribution in [3.05, 3.63) is 64.6 Å². The lowest BCUT2D eigenvalue weighted by Gasteiger charge is -1.95. The van der Waals surface area contributed by atoms with E-state index in [-0.39, 0.29) is 5.76 Å². The summed E-state index contributed by atoms with van der Waals surface area (Å²) < 4.78 is 6.60. The molecule has 1 heterocycles. The van der Waals surface area contributed by atoms with Gasteiger partial charge >= 0.3 is 5.76 Å². The van der Waals surface area contributed by atoms with Crippen LogP contribution in [0.3, 0.4) is 0 Å². The number of nitrogens with zero attached hydrogens (tertiary/aromatic N) is 2. The molecule has 0 aliphatic carbocycles. The van der Waals surface area contributed by atoms with Crippen LogP contribution in [0.5, 0.6) is 0 Å². The second-order valence-corrected chi connectivity index (χ2v) is 4.25. The molecule has 0 spiro atoms. The van der Waals surface area contributed by atoms with Crippen molar-refractivity contribution in [3.63, 3.8) is 0 Å². The van der Waals surface area contributed by atoms with Gasteiger partial charge in [0, 0.05) is 19.3 Å². The van der Waals surface area contributed by atoms with E-state index in [9.17, 15) is 4.79 Å². The molecule has 3 aromatic rings. The van der Waals surface area contributed by atoms with Crippen molar-refractivity contribution in [2.24, 2.45) is 12.0 Å². The fourth-order valence-electron chi connectivity index (χ4n) is 1.89. The van der Waals surface area contributed by atoms with E-state index in [4.69, 9.17) is 4.42 Å². The van der Waals surface area contributed by atoms with Crippen LogP contribution in [0.4, 0.5) is 5.69 Å². The lowest BCUT2D eigenvalue weighted by atomic mass is 10.2. The van der Waals surface area contributed by atoms with Crippen LogP contribution >= 0.6 is 0 Å². The quantitative estimate of drug-likeness (QED) is 0.658. The van der Waals surface area contributed by atoms with Crippen LogP contribution in [0.25, 0.3) is 11.1 Å². The molecule has 0 saturated heterocycles. The van der Waals surface area contributed by atoms with E-state index in [1.807, 2.05) is 42.5 Å². The molecule has 1 aromatic heterocycles. The largest absolute Gasteiger partial charge is 0.419 e. The molecule has 0 radical (unpaired) electrons. The number of rotatable bonds is 2.